The molecule has 5 heteroatoms. The quantitative estimate of drug-likeness (QED) is 0.380. The lowest BCUT2D eigenvalue weighted by atomic mass is 10.1. The fourth-order valence-electron chi connectivity index (χ4n) is 2.54. The lowest BCUT2D eigenvalue weighted by Gasteiger charge is -2.13. The van der Waals surface area contributed by atoms with Crippen LogP contribution in [0, 0.1) is 5.92 Å². The first-order valence-corrected chi connectivity index (χ1v) is 9.46. The van der Waals surface area contributed by atoms with Gasteiger partial charge in [-0.3, -0.25) is 9.79 Å². The third-order valence-electron chi connectivity index (χ3n) is 4.21. The van der Waals surface area contributed by atoms with E-state index in [0.717, 1.165) is 36.6 Å². The molecule has 5 nitrogen and oxygen atoms in total. The van der Waals surface area contributed by atoms with Gasteiger partial charge >= 0.3 is 0 Å². The Kier molecular flexibility index (Phi) is 8.36. The Bertz CT molecular complexity index is 724. The highest BCUT2D eigenvalue weighted by Crippen LogP contribution is 2.11. The largest absolute Gasteiger partial charge is 0.356 e. The minimum Gasteiger partial charge on any atom is -0.356 e. The number of guanidine groups is 1. The van der Waals surface area contributed by atoms with E-state index in [0.29, 0.717) is 6.54 Å². The molecule has 3 N–H and O–H groups in total. The van der Waals surface area contributed by atoms with Crippen molar-refractivity contribution in [3.8, 4) is 0 Å². The average Bonchev–Trinajstić information content (AvgIpc) is 2.69. The summed E-state index contributed by atoms with van der Waals surface area (Å²) in [4.78, 5) is 16.0. The second-order valence-corrected chi connectivity index (χ2v) is 6.78. The molecule has 0 saturated carbocycles. The number of carbonyl (C=O) groups is 1. The fraction of sp³-hybridized carbons (Fsp3) is 0.364. The van der Waals surface area contributed by atoms with E-state index in [2.05, 4.69) is 45.2 Å². The summed E-state index contributed by atoms with van der Waals surface area (Å²) in [5.74, 6) is 0.795. The molecule has 0 unspecified atom stereocenters. The Labute approximate surface area is 162 Å². The Morgan fingerprint density at radius 1 is 0.963 bits per heavy atom. The van der Waals surface area contributed by atoms with Crippen LogP contribution in [-0.4, -0.2) is 25.5 Å². The summed E-state index contributed by atoms with van der Waals surface area (Å²) < 4.78 is 0. The van der Waals surface area contributed by atoms with Crippen LogP contribution in [0.5, 0.6) is 0 Å². The number of carbonyl (C=O) groups excluding carboxylic acids is 1. The highest BCUT2D eigenvalue weighted by molar-refractivity contribution is 5.92. The molecule has 0 fully saturated rings. The van der Waals surface area contributed by atoms with E-state index in [1.165, 1.54) is 5.56 Å². The van der Waals surface area contributed by atoms with Crippen LogP contribution in [-0.2, 0) is 17.8 Å². The van der Waals surface area contributed by atoms with Gasteiger partial charge in [-0.25, -0.2) is 0 Å². The monoisotopic (exact) mass is 366 g/mol. The molecule has 0 atom stereocenters. The normalized spacial score (nSPS) is 11.3. The zero-order chi connectivity index (χ0) is 19.5. The van der Waals surface area contributed by atoms with Crippen molar-refractivity contribution in [1.82, 2.24) is 10.6 Å². The van der Waals surface area contributed by atoms with E-state index in [4.69, 9.17) is 0 Å². The number of rotatable bonds is 8. The first-order chi connectivity index (χ1) is 13.1. The Hall–Kier alpha value is -2.82. The molecular weight excluding hydrogens is 336 g/mol. The topological polar surface area (TPSA) is 65.5 Å². The number of nitrogens with zero attached hydrogens (tertiary/aromatic N) is 1. The molecule has 0 aromatic heterocycles. The van der Waals surface area contributed by atoms with Gasteiger partial charge in [-0.05, 0) is 36.1 Å². The lowest BCUT2D eigenvalue weighted by molar-refractivity contribution is -0.118. The smallest absolute Gasteiger partial charge is 0.226 e. The molecule has 2 rings (SSSR count). The van der Waals surface area contributed by atoms with Gasteiger partial charge in [0.15, 0.2) is 5.96 Å². The van der Waals surface area contributed by atoms with Gasteiger partial charge < -0.3 is 16.0 Å². The molecule has 0 heterocycles. The molecule has 1 amide bonds. The molecule has 2 aromatic carbocycles. The third-order valence-corrected chi connectivity index (χ3v) is 4.21. The van der Waals surface area contributed by atoms with Crippen molar-refractivity contribution in [2.24, 2.45) is 10.9 Å². The number of hydrogen-bond acceptors (Lipinski definition) is 2. The van der Waals surface area contributed by atoms with E-state index in [9.17, 15) is 4.79 Å². The van der Waals surface area contributed by atoms with Crippen molar-refractivity contribution < 1.29 is 4.79 Å². The second-order valence-electron chi connectivity index (χ2n) is 6.78. The SMILES string of the molecule is CN=C(NCCCc1ccccc1)NCc1ccc(NC(=O)C(C)C)cc1. The maximum atomic E-state index is 11.7. The molecule has 27 heavy (non-hydrogen) atoms. The summed E-state index contributed by atoms with van der Waals surface area (Å²) in [6.07, 6.45) is 2.10. The van der Waals surface area contributed by atoms with Crippen molar-refractivity contribution in [3.05, 3.63) is 65.7 Å². The summed E-state index contributed by atoms with van der Waals surface area (Å²) in [7, 11) is 1.77. The molecule has 0 aliphatic rings. The Morgan fingerprint density at radius 3 is 2.30 bits per heavy atom. The summed E-state index contributed by atoms with van der Waals surface area (Å²) in [6, 6.07) is 18.3. The fourth-order valence-corrected chi connectivity index (χ4v) is 2.54. The first kappa shape index (κ1) is 20.5. The number of nitrogens with one attached hydrogen (secondary N) is 3. The van der Waals surface area contributed by atoms with Crippen molar-refractivity contribution in [2.45, 2.75) is 33.2 Å². The maximum Gasteiger partial charge on any atom is 0.226 e. The van der Waals surface area contributed by atoms with Crippen molar-refractivity contribution in [1.29, 1.82) is 0 Å². The van der Waals surface area contributed by atoms with Crippen LogP contribution in [0.1, 0.15) is 31.4 Å². The third kappa shape index (κ3) is 7.52. The molecule has 0 spiro atoms. The van der Waals surface area contributed by atoms with Gasteiger partial charge in [-0.15, -0.1) is 0 Å². The predicted octanol–water partition coefficient (Wildman–Crippen LogP) is 3.58. The number of amides is 1. The van der Waals surface area contributed by atoms with Crippen LogP contribution in [0.15, 0.2) is 59.6 Å². The van der Waals surface area contributed by atoms with Crippen LogP contribution >= 0.6 is 0 Å². The van der Waals surface area contributed by atoms with Gasteiger partial charge in [-0.2, -0.15) is 0 Å². The molecular formula is C22H30N4O. The van der Waals surface area contributed by atoms with E-state index in [1.54, 1.807) is 7.05 Å². The Morgan fingerprint density at radius 2 is 1.67 bits per heavy atom. The van der Waals surface area contributed by atoms with Crippen LogP contribution in [0.25, 0.3) is 0 Å². The summed E-state index contributed by atoms with van der Waals surface area (Å²) in [5, 5.41) is 9.55. The first-order valence-electron chi connectivity index (χ1n) is 9.46. The standard InChI is InChI=1S/C22H30N4O/c1-17(2)21(27)26-20-13-11-19(12-14-20)16-25-22(23-3)24-15-7-10-18-8-5-4-6-9-18/h4-6,8-9,11-14,17H,7,10,15-16H2,1-3H3,(H,26,27)(H2,23,24,25). The van der Waals surface area contributed by atoms with Crippen LogP contribution in [0.2, 0.25) is 0 Å². The lowest BCUT2D eigenvalue weighted by Crippen LogP contribution is -2.37. The number of benzene rings is 2. The van der Waals surface area contributed by atoms with E-state index >= 15 is 0 Å². The highest BCUT2D eigenvalue weighted by atomic mass is 16.1. The van der Waals surface area contributed by atoms with Crippen molar-refractivity contribution >= 4 is 17.6 Å². The number of aliphatic imine (C=N–C) groups is 1. The number of anilines is 1. The number of hydrogen-bond donors (Lipinski definition) is 3. The van der Waals surface area contributed by atoms with Gasteiger partial charge in [-0.1, -0.05) is 56.3 Å². The maximum absolute atomic E-state index is 11.7. The molecule has 0 saturated heterocycles. The van der Waals surface area contributed by atoms with Gasteiger partial charge in [0.05, 0.1) is 0 Å². The number of aryl methyl sites for hydroxylation is 1. The zero-order valence-corrected chi connectivity index (χ0v) is 16.5. The van der Waals surface area contributed by atoms with Crippen molar-refractivity contribution in [3.63, 3.8) is 0 Å². The van der Waals surface area contributed by atoms with Gasteiger partial charge in [0.1, 0.15) is 0 Å². The average molecular weight is 367 g/mol. The van der Waals surface area contributed by atoms with Crippen molar-refractivity contribution in [2.75, 3.05) is 18.9 Å². The van der Waals surface area contributed by atoms with Crippen LogP contribution in [0.3, 0.4) is 0 Å². The van der Waals surface area contributed by atoms with E-state index in [1.807, 2.05) is 44.2 Å². The van der Waals surface area contributed by atoms with E-state index < -0.39 is 0 Å². The molecule has 0 bridgehead atoms. The van der Waals surface area contributed by atoms with Crippen LogP contribution < -0.4 is 16.0 Å². The summed E-state index contributed by atoms with van der Waals surface area (Å²) in [6.45, 7) is 5.31. The second kappa shape index (κ2) is 11.0. The molecule has 144 valence electrons. The molecule has 0 aliphatic heterocycles. The van der Waals surface area contributed by atoms with Gasteiger partial charge in [0.2, 0.25) is 5.91 Å². The summed E-state index contributed by atoms with van der Waals surface area (Å²) >= 11 is 0. The van der Waals surface area contributed by atoms with Crippen LogP contribution in [0.4, 0.5) is 5.69 Å². The summed E-state index contributed by atoms with van der Waals surface area (Å²) in [5.41, 5.74) is 3.30. The van der Waals surface area contributed by atoms with Gasteiger partial charge in [0.25, 0.3) is 0 Å². The zero-order valence-electron chi connectivity index (χ0n) is 16.5. The van der Waals surface area contributed by atoms with E-state index in [-0.39, 0.29) is 11.8 Å². The van der Waals surface area contributed by atoms with Gasteiger partial charge in [0, 0.05) is 31.7 Å². The Balaban J connectivity index is 1.71. The predicted molar refractivity (Wildman–Crippen MR) is 113 cm³/mol. The molecule has 0 radical (unpaired) electrons. The molecule has 2 aromatic rings. The molecule has 0 aliphatic carbocycles. The highest BCUT2D eigenvalue weighted by Gasteiger charge is 2.06. The minimum atomic E-state index is -0.0253. The minimum absolute atomic E-state index is 0.0253.